The number of hydrogen-bond acceptors (Lipinski definition) is 0. The van der Waals surface area contributed by atoms with Crippen molar-refractivity contribution in [1.29, 1.82) is 0 Å². The molecule has 17 heavy (non-hydrogen) atoms. The fourth-order valence-corrected chi connectivity index (χ4v) is 2.71. The zero-order valence-electron chi connectivity index (χ0n) is 8.53. The quantitative estimate of drug-likeness (QED) is 0.405. The van der Waals surface area contributed by atoms with Crippen molar-refractivity contribution in [3.05, 3.63) is 57.1 Å². The van der Waals surface area contributed by atoms with Crippen LogP contribution in [-0.4, -0.2) is 0 Å². The lowest BCUT2D eigenvalue weighted by Crippen LogP contribution is -1.95. The summed E-state index contributed by atoms with van der Waals surface area (Å²) in [6.07, 6.45) is 0.352. The van der Waals surface area contributed by atoms with E-state index in [2.05, 4.69) is 0 Å². The van der Waals surface area contributed by atoms with Crippen molar-refractivity contribution in [2.75, 3.05) is 0 Å². The van der Waals surface area contributed by atoms with E-state index in [9.17, 15) is 8.78 Å². The normalized spacial score (nSPS) is 12.5. The van der Waals surface area contributed by atoms with Gasteiger partial charge in [0.15, 0.2) is 11.6 Å². The number of benzene rings is 2. The van der Waals surface area contributed by atoms with Gasteiger partial charge in [-0.05, 0) is 11.1 Å². The first-order chi connectivity index (χ1) is 8.11. The van der Waals surface area contributed by atoms with E-state index in [1.54, 1.807) is 0 Å². The van der Waals surface area contributed by atoms with E-state index in [-0.39, 0.29) is 15.6 Å². The van der Waals surface area contributed by atoms with Crippen molar-refractivity contribution in [3.63, 3.8) is 0 Å². The highest BCUT2D eigenvalue weighted by Crippen LogP contribution is 2.46. The Morgan fingerprint density at radius 2 is 1.65 bits per heavy atom. The molecule has 0 radical (unpaired) electrons. The Kier molecular flexibility index (Phi) is 2.39. The Morgan fingerprint density at radius 3 is 2.41 bits per heavy atom. The van der Waals surface area contributed by atoms with Gasteiger partial charge in [-0.25, -0.2) is 8.78 Å². The molecule has 2 aromatic carbocycles. The highest BCUT2D eigenvalue weighted by molar-refractivity contribution is 6.44. The van der Waals surface area contributed by atoms with Gasteiger partial charge < -0.3 is 0 Å². The molecule has 4 heteroatoms. The largest absolute Gasteiger partial charge is 0.203 e. The summed E-state index contributed by atoms with van der Waals surface area (Å²) in [6, 6.07) is 7.39. The molecule has 0 saturated heterocycles. The maximum atomic E-state index is 13.8. The van der Waals surface area contributed by atoms with Crippen LogP contribution in [0, 0.1) is 11.6 Å². The second kappa shape index (κ2) is 3.69. The van der Waals surface area contributed by atoms with Crippen molar-refractivity contribution >= 4 is 23.2 Å². The van der Waals surface area contributed by atoms with Crippen LogP contribution in [0.3, 0.4) is 0 Å². The minimum absolute atomic E-state index is 0.0884. The third-order valence-corrected chi connectivity index (χ3v) is 3.85. The Morgan fingerprint density at radius 1 is 0.941 bits per heavy atom. The zero-order valence-corrected chi connectivity index (χ0v) is 10.0. The van der Waals surface area contributed by atoms with Crippen molar-refractivity contribution in [2.45, 2.75) is 6.42 Å². The van der Waals surface area contributed by atoms with Crippen LogP contribution in [-0.2, 0) is 6.42 Å². The van der Waals surface area contributed by atoms with Crippen LogP contribution in [0.2, 0.25) is 10.0 Å². The maximum absolute atomic E-state index is 13.8. The summed E-state index contributed by atoms with van der Waals surface area (Å²) in [6.45, 7) is 0. The summed E-state index contributed by atoms with van der Waals surface area (Å²) >= 11 is 11.7. The minimum Gasteiger partial charge on any atom is -0.203 e. The van der Waals surface area contributed by atoms with Crippen molar-refractivity contribution in [1.82, 2.24) is 0 Å². The van der Waals surface area contributed by atoms with Crippen molar-refractivity contribution < 1.29 is 8.78 Å². The smallest absolute Gasteiger partial charge is 0.179 e. The summed E-state index contributed by atoms with van der Waals surface area (Å²) in [5.41, 5.74) is 2.57. The molecule has 0 heterocycles. The molecule has 0 aliphatic heterocycles. The van der Waals surface area contributed by atoms with E-state index >= 15 is 0 Å². The first-order valence-corrected chi connectivity index (χ1v) is 5.80. The third kappa shape index (κ3) is 1.41. The molecule has 0 fully saturated rings. The highest BCUT2D eigenvalue weighted by Gasteiger charge is 2.29. The summed E-state index contributed by atoms with van der Waals surface area (Å²) in [7, 11) is 0. The van der Waals surface area contributed by atoms with E-state index < -0.39 is 11.6 Å². The molecule has 0 amide bonds. The zero-order chi connectivity index (χ0) is 12.2. The monoisotopic (exact) mass is 270 g/mol. The molecule has 2 aromatic rings. The van der Waals surface area contributed by atoms with E-state index in [4.69, 9.17) is 23.2 Å². The van der Waals surface area contributed by atoms with Gasteiger partial charge in [-0.1, -0.05) is 47.5 Å². The minimum atomic E-state index is -1.07. The Labute approximate surface area is 107 Å². The predicted octanol–water partition coefficient (Wildman–Crippen LogP) is 4.84. The van der Waals surface area contributed by atoms with Crippen LogP contribution in [0.5, 0.6) is 0 Å². The fraction of sp³-hybridized carbons (Fsp3) is 0.0769. The molecule has 1 aliphatic rings. The molecule has 0 bridgehead atoms. The molecular weight excluding hydrogens is 265 g/mol. The SMILES string of the molecule is Fc1c(F)c2c(c(Cl)c1Cl)-c1ccccc1C2. The van der Waals surface area contributed by atoms with Crippen LogP contribution in [0.4, 0.5) is 8.78 Å². The second-order valence-corrected chi connectivity index (χ2v) is 4.70. The van der Waals surface area contributed by atoms with E-state index in [1.165, 1.54) is 0 Å². The maximum Gasteiger partial charge on any atom is 0.179 e. The highest BCUT2D eigenvalue weighted by atomic mass is 35.5. The Hall–Kier alpha value is -1.12. The molecule has 0 aromatic heterocycles. The average molecular weight is 271 g/mol. The fourth-order valence-electron chi connectivity index (χ4n) is 2.23. The lowest BCUT2D eigenvalue weighted by molar-refractivity contribution is 0.502. The summed E-state index contributed by atoms with van der Waals surface area (Å²) < 4.78 is 27.3. The topological polar surface area (TPSA) is 0 Å². The molecule has 86 valence electrons. The molecular formula is C13H6Cl2F2. The summed E-state index contributed by atoms with van der Waals surface area (Å²) in [4.78, 5) is 0. The molecule has 0 N–H and O–H groups in total. The summed E-state index contributed by atoms with van der Waals surface area (Å²) in [5.74, 6) is -1.96. The van der Waals surface area contributed by atoms with E-state index in [1.807, 2.05) is 24.3 Å². The van der Waals surface area contributed by atoms with Gasteiger partial charge in [0, 0.05) is 17.5 Å². The number of rotatable bonds is 0. The van der Waals surface area contributed by atoms with Crippen LogP contribution in [0.25, 0.3) is 11.1 Å². The lowest BCUT2D eigenvalue weighted by atomic mass is 10.1. The van der Waals surface area contributed by atoms with Crippen molar-refractivity contribution in [2.24, 2.45) is 0 Å². The number of fused-ring (bicyclic) bond motifs is 3. The van der Waals surface area contributed by atoms with Gasteiger partial charge in [0.2, 0.25) is 0 Å². The first kappa shape index (κ1) is 11.0. The molecule has 0 spiro atoms. The first-order valence-electron chi connectivity index (χ1n) is 5.04. The molecule has 0 nitrogen and oxygen atoms in total. The third-order valence-electron chi connectivity index (χ3n) is 3.02. The lowest BCUT2D eigenvalue weighted by Gasteiger charge is -2.08. The van der Waals surface area contributed by atoms with Gasteiger partial charge in [-0.2, -0.15) is 0 Å². The summed E-state index contributed by atoms with van der Waals surface area (Å²) in [5, 5.41) is -0.259. The van der Waals surface area contributed by atoms with Crippen molar-refractivity contribution in [3.8, 4) is 11.1 Å². The van der Waals surface area contributed by atoms with Gasteiger partial charge in [-0.3, -0.25) is 0 Å². The number of hydrogen-bond donors (Lipinski definition) is 0. The number of halogens is 4. The Bertz CT molecular complexity index is 636. The molecule has 0 atom stereocenters. The van der Waals surface area contributed by atoms with Crippen LogP contribution >= 0.6 is 23.2 Å². The molecule has 0 unspecified atom stereocenters. The van der Waals surface area contributed by atoms with Gasteiger partial charge in [0.25, 0.3) is 0 Å². The van der Waals surface area contributed by atoms with E-state index in [0.29, 0.717) is 12.0 Å². The van der Waals surface area contributed by atoms with Crippen LogP contribution in [0.1, 0.15) is 11.1 Å². The van der Waals surface area contributed by atoms with Crippen LogP contribution < -0.4 is 0 Å². The average Bonchev–Trinajstić information content (AvgIpc) is 2.73. The van der Waals surface area contributed by atoms with Gasteiger partial charge in [0.1, 0.15) is 0 Å². The molecule has 0 saturated carbocycles. The van der Waals surface area contributed by atoms with Gasteiger partial charge >= 0.3 is 0 Å². The van der Waals surface area contributed by atoms with Gasteiger partial charge in [-0.15, -0.1) is 0 Å². The standard InChI is InChI=1S/C13H6Cl2F2/c14-10-9-7-4-2-1-3-6(7)5-8(9)12(16)13(17)11(10)15/h1-4H,5H2. The van der Waals surface area contributed by atoms with E-state index in [0.717, 1.165) is 11.1 Å². The van der Waals surface area contributed by atoms with Crippen LogP contribution in [0.15, 0.2) is 24.3 Å². The molecule has 3 rings (SSSR count). The van der Waals surface area contributed by atoms with Gasteiger partial charge in [0.05, 0.1) is 10.0 Å². The molecule has 1 aliphatic carbocycles. The Balaban J connectivity index is 2.41. The predicted molar refractivity (Wildman–Crippen MR) is 64.6 cm³/mol. The second-order valence-electron chi connectivity index (χ2n) is 3.94.